The molecule has 2 saturated heterocycles. The lowest BCUT2D eigenvalue weighted by Gasteiger charge is -2.32. The fraction of sp³-hybridized carbons (Fsp3) is 0.500. The second-order valence-electron chi connectivity index (χ2n) is 5.22. The summed E-state index contributed by atoms with van der Waals surface area (Å²) in [5, 5.41) is 3.34. The molecule has 0 atom stereocenters. The average molecular weight is 346 g/mol. The first-order valence-electron chi connectivity index (χ1n) is 6.50. The maximum atomic E-state index is 12.7. The Kier molecular flexibility index (Phi) is 4.54. The van der Waals surface area contributed by atoms with Gasteiger partial charge in [0.05, 0.1) is 5.41 Å². The van der Waals surface area contributed by atoms with Gasteiger partial charge >= 0.3 is 0 Å². The lowest BCUT2D eigenvalue weighted by Crippen LogP contribution is -2.42. The highest BCUT2D eigenvalue weighted by molar-refractivity contribution is 9.10. The van der Waals surface area contributed by atoms with Crippen molar-refractivity contribution >= 4 is 39.9 Å². The van der Waals surface area contributed by atoms with E-state index < -0.39 is 0 Å². The van der Waals surface area contributed by atoms with E-state index in [1.165, 1.54) is 0 Å². The second kappa shape index (κ2) is 5.81. The quantitative estimate of drug-likeness (QED) is 0.848. The van der Waals surface area contributed by atoms with Crippen LogP contribution in [0.4, 0.5) is 5.69 Å². The van der Waals surface area contributed by atoms with Gasteiger partial charge in [0.15, 0.2) is 0 Å². The van der Waals surface area contributed by atoms with E-state index in [1.807, 2.05) is 29.2 Å². The molecule has 1 N–H and O–H groups in total. The van der Waals surface area contributed by atoms with Crippen LogP contribution in [0, 0.1) is 5.41 Å². The van der Waals surface area contributed by atoms with E-state index in [1.54, 1.807) is 0 Å². The van der Waals surface area contributed by atoms with Crippen molar-refractivity contribution in [1.29, 1.82) is 0 Å². The predicted octanol–water partition coefficient (Wildman–Crippen LogP) is 2.98. The number of rotatable bonds is 1. The van der Waals surface area contributed by atoms with Gasteiger partial charge in [-0.15, -0.1) is 12.4 Å². The lowest BCUT2D eigenvalue weighted by molar-refractivity contribution is -0.126. The number of carbonyl (C=O) groups excluding carboxylic acids is 1. The molecule has 2 aliphatic heterocycles. The van der Waals surface area contributed by atoms with Crippen LogP contribution < -0.4 is 10.2 Å². The van der Waals surface area contributed by atoms with E-state index in [0.29, 0.717) is 5.91 Å². The van der Waals surface area contributed by atoms with Gasteiger partial charge in [0, 0.05) is 16.7 Å². The molecular formula is C14H18BrClN2O. The number of anilines is 1. The van der Waals surface area contributed by atoms with Gasteiger partial charge < -0.3 is 10.2 Å². The summed E-state index contributed by atoms with van der Waals surface area (Å²) < 4.78 is 1.03. The Balaban J connectivity index is 0.00000133. The number of hydrogen-bond acceptors (Lipinski definition) is 2. The summed E-state index contributed by atoms with van der Waals surface area (Å²) in [7, 11) is 0. The molecule has 1 aromatic rings. The van der Waals surface area contributed by atoms with Crippen molar-refractivity contribution in [3.8, 4) is 0 Å². The van der Waals surface area contributed by atoms with Crippen molar-refractivity contribution in [2.45, 2.75) is 19.3 Å². The van der Waals surface area contributed by atoms with Crippen molar-refractivity contribution < 1.29 is 4.79 Å². The SMILES string of the molecule is Cl.O=C1N(c2cccc(Br)c2)CCC12CCNCC2. The summed E-state index contributed by atoms with van der Waals surface area (Å²) in [5.74, 6) is 0.321. The Bertz CT molecular complexity index is 474. The number of nitrogens with one attached hydrogen (secondary N) is 1. The molecule has 0 saturated carbocycles. The smallest absolute Gasteiger partial charge is 0.233 e. The van der Waals surface area contributed by atoms with E-state index >= 15 is 0 Å². The summed E-state index contributed by atoms with van der Waals surface area (Å²) in [4.78, 5) is 14.6. The number of amides is 1. The van der Waals surface area contributed by atoms with E-state index in [0.717, 1.165) is 49.1 Å². The van der Waals surface area contributed by atoms with Crippen molar-refractivity contribution in [3.05, 3.63) is 28.7 Å². The molecule has 0 bridgehead atoms. The number of nitrogens with zero attached hydrogens (tertiary/aromatic N) is 1. The van der Waals surface area contributed by atoms with Crippen LogP contribution in [-0.2, 0) is 4.79 Å². The second-order valence-corrected chi connectivity index (χ2v) is 6.13. The molecule has 3 nitrogen and oxygen atoms in total. The zero-order valence-corrected chi connectivity index (χ0v) is 13.1. The Hall–Kier alpha value is -0.580. The number of halogens is 2. The molecule has 2 heterocycles. The Morgan fingerprint density at radius 1 is 1.21 bits per heavy atom. The van der Waals surface area contributed by atoms with Gasteiger partial charge in [-0.1, -0.05) is 22.0 Å². The molecule has 1 amide bonds. The van der Waals surface area contributed by atoms with Crippen LogP contribution in [0.5, 0.6) is 0 Å². The monoisotopic (exact) mass is 344 g/mol. The van der Waals surface area contributed by atoms with E-state index in [9.17, 15) is 4.79 Å². The van der Waals surface area contributed by atoms with Crippen LogP contribution in [-0.4, -0.2) is 25.5 Å². The van der Waals surface area contributed by atoms with Gasteiger partial charge in [0.25, 0.3) is 0 Å². The van der Waals surface area contributed by atoms with Crippen molar-refractivity contribution in [1.82, 2.24) is 5.32 Å². The van der Waals surface area contributed by atoms with Gasteiger partial charge in [-0.05, 0) is 50.6 Å². The molecule has 0 unspecified atom stereocenters. The number of benzene rings is 1. The highest BCUT2D eigenvalue weighted by Gasteiger charge is 2.47. The first-order valence-corrected chi connectivity index (χ1v) is 7.29. The average Bonchev–Trinajstić information content (AvgIpc) is 2.68. The van der Waals surface area contributed by atoms with E-state index in [2.05, 4.69) is 21.2 Å². The minimum absolute atomic E-state index is 0. The summed E-state index contributed by atoms with van der Waals surface area (Å²) in [6.45, 7) is 2.80. The van der Waals surface area contributed by atoms with Crippen LogP contribution in [0.2, 0.25) is 0 Å². The highest BCUT2D eigenvalue weighted by Crippen LogP contribution is 2.41. The van der Waals surface area contributed by atoms with Crippen LogP contribution in [0.15, 0.2) is 28.7 Å². The zero-order chi connectivity index (χ0) is 12.6. The number of piperidine rings is 1. The van der Waals surface area contributed by atoms with Crippen LogP contribution in [0.1, 0.15) is 19.3 Å². The Morgan fingerprint density at radius 2 is 1.95 bits per heavy atom. The van der Waals surface area contributed by atoms with Crippen molar-refractivity contribution in [3.63, 3.8) is 0 Å². The lowest BCUT2D eigenvalue weighted by atomic mass is 9.78. The van der Waals surface area contributed by atoms with E-state index in [4.69, 9.17) is 0 Å². The molecule has 3 rings (SSSR count). The maximum absolute atomic E-state index is 12.7. The molecule has 19 heavy (non-hydrogen) atoms. The van der Waals surface area contributed by atoms with Crippen molar-refractivity contribution in [2.75, 3.05) is 24.5 Å². The predicted molar refractivity (Wildman–Crippen MR) is 82.9 cm³/mol. The standard InChI is InChI=1S/C14H17BrN2O.ClH/c15-11-2-1-3-12(10-11)17-9-6-14(13(17)18)4-7-16-8-5-14;/h1-3,10,16H,4-9H2;1H. The van der Waals surface area contributed by atoms with Gasteiger partial charge in [-0.25, -0.2) is 0 Å². The highest BCUT2D eigenvalue weighted by atomic mass is 79.9. The first-order chi connectivity index (χ1) is 8.71. The number of hydrogen-bond donors (Lipinski definition) is 1. The van der Waals surface area contributed by atoms with Crippen LogP contribution >= 0.6 is 28.3 Å². The molecule has 1 aromatic carbocycles. The first kappa shape index (κ1) is 14.8. The molecule has 5 heteroatoms. The van der Waals surface area contributed by atoms with Crippen LogP contribution in [0.3, 0.4) is 0 Å². The Morgan fingerprint density at radius 3 is 2.63 bits per heavy atom. The van der Waals surface area contributed by atoms with E-state index in [-0.39, 0.29) is 17.8 Å². The molecule has 104 valence electrons. The zero-order valence-electron chi connectivity index (χ0n) is 10.7. The third kappa shape index (κ3) is 2.67. The van der Waals surface area contributed by atoms with Gasteiger partial charge in [0.1, 0.15) is 0 Å². The third-order valence-corrected chi connectivity index (χ3v) is 4.69. The fourth-order valence-electron chi connectivity index (χ4n) is 3.08. The molecule has 1 spiro atoms. The normalized spacial score (nSPS) is 21.5. The molecule has 0 aromatic heterocycles. The largest absolute Gasteiger partial charge is 0.317 e. The van der Waals surface area contributed by atoms with Gasteiger partial charge in [-0.3, -0.25) is 4.79 Å². The molecule has 2 fully saturated rings. The fourth-order valence-corrected chi connectivity index (χ4v) is 3.47. The summed E-state index contributed by atoms with van der Waals surface area (Å²) in [5.41, 5.74) is 0.929. The Labute approximate surface area is 128 Å². The number of carbonyl (C=O) groups is 1. The maximum Gasteiger partial charge on any atom is 0.233 e. The summed E-state index contributed by atoms with van der Waals surface area (Å²) in [6.07, 6.45) is 2.96. The molecule has 0 radical (unpaired) electrons. The minimum Gasteiger partial charge on any atom is -0.317 e. The minimum atomic E-state index is -0.0897. The third-order valence-electron chi connectivity index (χ3n) is 4.19. The summed E-state index contributed by atoms with van der Waals surface area (Å²) in [6, 6.07) is 8.02. The molecular weight excluding hydrogens is 328 g/mol. The van der Waals surface area contributed by atoms with Gasteiger partial charge in [0.2, 0.25) is 5.91 Å². The molecule has 2 aliphatic rings. The molecule has 0 aliphatic carbocycles. The topological polar surface area (TPSA) is 32.3 Å². The summed E-state index contributed by atoms with van der Waals surface area (Å²) >= 11 is 3.47. The van der Waals surface area contributed by atoms with Crippen LogP contribution in [0.25, 0.3) is 0 Å². The van der Waals surface area contributed by atoms with Crippen molar-refractivity contribution in [2.24, 2.45) is 5.41 Å². The van der Waals surface area contributed by atoms with Gasteiger partial charge in [-0.2, -0.15) is 0 Å².